The van der Waals surface area contributed by atoms with Crippen LogP contribution < -0.4 is 5.73 Å². The quantitative estimate of drug-likeness (QED) is 0.0194. The third-order valence-electron chi connectivity index (χ3n) is 9.47. The molecule has 326 valence electrons. The summed E-state index contributed by atoms with van der Waals surface area (Å²) in [7, 11) is -4.42. The molecule has 1 rings (SSSR count). The van der Waals surface area contributed by atoms with E-state index < -0.39 is 38.6 Å². The van der Waals surface area contributed by atoms with E-state index in [4.69, 9.17) is 28.7 Å². The van der Waals surface area contributed by atoms with Gasteiger partial charge in [0.25, 0.3) is 0 Å². The van der Waals surface area contributed by atoms with Crippen molar-refractivity contribution in [3.63, 3.8) is 0 Å². The largest absolute Gasteiger partial charge is 0.472 e. The molecule has 1 aromatic heterocycles. The average molecular weight is 822 g/mol. The van der Waals surface area contributed by atoms with Gasteiger partial charge in [0.15, 0.2) is 6.10 Å². The number of nitrogens with two attached hydrogens (primary N) is 1. The molecule has 57 heavy (non-hydrogen) atoms. The highest BCUT2D eigenvalue weighted by atomic mass is 31.2. The van der Waals surface area contributed by atoms with Crippen LogP contribution in [0, 0.1) is 13.8 Å². The lowest BCUT2D eigenvalue weighted by Gasteiger charge is -2.19. The zero-order valence-corrected chi connectivity index (χ0v) is 36.5. The van der Waals surface area contributed by atoms with Crippen LogP contribution >= 0.6 is 7.82 Å². The van der Waals surface area contributed by atoms with Crippen molar-refractivity contribution in [1.29, 1.82) is 0 Å². The molecule has 0 aromatic carbocycles. The fourth-order valence-electron chi connectivity index (χ4n) is 5.99. The number of aliphatic hydroxyl groups excluding tert-OH is 1. The van der Waals surface area contributed by atoms with E-state index in [9.17, 15) is 24.2 Å². The van der Waals surface area contributed by atoms with Crippen molar-refractivity contribution in [2.24, 2.45) is 5.73 Å². The summed E-state index contributed by atoms with van der Waals surface area (Å²) in [6, 6.07) is 0. The molecule has 0 radical (unpaired) electrons. The SMILES string of the molecule is CCCCC/C=C\C/C=C\CC(O)/C=C\C=C\CCCC(=O)OC[C@H](COP(=O)(O)OCCN)OC(=O)CCCCCCCCCCc1oc(CCC)c(C)c1C. The number of phosphoric ester groups is 1. The number of allylic oxidation sites excluding steroid dienone is 6. The molecule has 3 atom stereocenters. The zero-order chi connectivity index (χ0) is 42.0. The maximum Gasteiger partial charge on any atom is 0.472 e. The third-order valence-corrected chi connectivity index (χ3v) is 10.5. The molecule has 0 spiro atoms. The second-order valence-corrected chi connectivity index (χ2v) is 16.1. The number of esters is 2. The molecule has 0 saturated heterocycles. The van der Waals surface area contributed by atoms with E-state index in [0.29, 0.717) is 25.7 Å². The van der Waals surface area contributed by atoms with Gasteiger partial charge in [-0.15, -0.1) is 0 Å². The molecule has 0 amide bonds. The molecule has 12 heteroatoms. The Kier molecular flexibility index (Phi) is 31.3. The molecule has 4 N–H and O–H groups in total. The summed E-state index contributed by atoms with van der Waals surface area (Å²) in [6.45, 7) is 7.72. The van der Waals surface area contributed by atoms with Crippen LogP contribution in [0.15, 0.2) is 53.0 Å². The number of aryl methyl sites for hydroxylation is 2. The van der Waals surface area contributed by atoms with Crippen molar-refractivity contribution in [3.8, 4) is 0 Å². The third kappa shape index (κ3) is 28.3. The van der Waals surface area contributed by atoms with Crippen molar-refractivity contribution in [1.82, 2.24) is 0 Å². The highest BCUT2D eigenvalue weighted by Crippen LogP contribution is 2.43. The number of carbonyl (C=O) groups excluding carboxylic acids is 2. The lowest BCUT2D eigenvalue weighted by atomic mass is 10.0. The standard InChI is InChI=1S/C45H76NO10P/c1-5-7-8-9-10-11-14-18-23-29-40(47)30-24-19-17-22-26-32-44(48)52-36-41(37-54-57(50,51)53-35-34-46)55-45(49)33-27-21-16-13-12-15-20-25-31-43-39(4)38(3)42(56-43)28-6-2/h10-11,17-19,23-24,30,40-41,47H,5-9,12-16,20-22,25-29,31-37,46H2,1-4H3,(H,50,51)/b11-10-,19-17+,23-18-,30-24-/t40?,41-/m1/s1. The summed E-state index contributed by atoms with van der Waals surface area (Å²) in [5.41, 5.74) is 7.95. The lowest BCUT2D eigenvalue weighted by molar-refractivity contribution is -0.161. The van der Waals surface area contributed by atoms with Crippen LogP contribution in [0.2, 0.25) is 0 Å². The van der Waals surface area contributed by atoms with Gasteiger partial charge >= 0.3 is 19.8 Å². The summed E-state index contributed by atoms with van der Waals surface area (Å²) >= 11 is 0. The molecule has 0 bridgehead atoms. The number of phosphoric acid groups is 1. The summed E-state index contributed by atoms with van der Waals surface area (Å²) in [5, 5.41) is 10.1. The molecule has 1 heterocycles. The molecule has 0 aliphatic heterocycles. The number of carbonyl (C=O) groups is 2. The summed E-state index contributed by atoms with van der Waals surface area (Å²) in [5.74, 6) is 1.29. The summed E-state index contributed by atoms with van der Waals surface area (Å²) < 4.78 is 38.8. The van der Waals surface area contributed by atoms with Crippen molar-refractivity contribution in [2.45, 2.75) is 175 Å². The highest BCUT2D eigenvalue weighted by molar-refractivity contribution is 7.47. The molecular formula is C45H76NO10P. The highest BCUT2D eigenvalue weighted by Gasteiger charge is 2.26. The number of furan rings is 1. The van der Waals surface area contributed by atoms with Crippen LogP contribution in [0.25, 0.3) is 0 Å². The average Bonchev–Trinajstić information content (AvgIpc) is 3.45. The Hall–Kier alpha value is -2.79. The van der Waals surface area contributed by atoms with Gasteiger partial charge in [0.05, 0.1) is 19.3 Å². The molecule has 1 aromatic rings. The molecule has 0 aliphatic carbocycles. The Morgan fingerprint density at radius 1 is 0.737 bits per heavy atom. The fourth-order valence-corrected chi connectivity index (χ4v) is 6.75. The normalized spacial score (nSPS) is 14.3. The lowest BCUT2D eigenvalue weighted by Crippen LogP contribution is -2.29. The number of aliphatic hydroxyl groups is 1. The van der Waals surface area contributed by atoms with Crippen LogP contribution in [0.5, 0.6) is 0 Å². The monoisotopic (exact) mass is 822 g/mol. The predicted octanol–water partition coefficient (Wildman–Crippen LogP) is 10.6. The molecule has 2 unspecified atom stereocenters. The number of unbranched alkanes of at least 4 members (excludes halogenated alkanes) is 11. The number of hydrogen-bond acceptors (Lipinski definition) is 10. The van der Waals surface area contributed by atoms with Gasteiger partial charge in [-0.25, -0.2) is 4.57 Å². The van der Waals surface area contributed by atoms with Gasteiger partial charge < -0.3 is 29.6 Å². The van der Waals surface area contributed by atoms with Gasteiger partial charge in [-0.3, -0.25) is 18.6 Å². The van der Waals surface area contributed by atoms with Crippen molar-refractivity contribution < 1.29 is 47.1 Å². The second-order valence-electron chi connectivity index (χ2n) is 14.6. The molecule has 0 aliphatic rings. The first-order chi connectivity index (χ1) is 27.5. The van der Waals surface area contributed by atoms with Crippen molar-refractivity contribution in [2.75, 3.05) is 26.4 Å². The Morgan fingerprint density at radius 3 is 2.09 bits per heavy atom. The van der Waals surface area contributed by atoms with Crippen molar-refractivity contribution >= 4 is 19.8 Å². The Balaban J connectivity index is 2.33. The Bertz CT molecular complexity index is 1370. The predicted molar refractivity (Wildman–Crippen MR) is 229 cm³/mol. The number of rotatable bonds is 36. The van der Waals surface area contributed by atoms with Crippen LogP contribution in [-0.2, 0) is 45.5 Å². The van der Waals surface area contributed by atoms with Crippen LogP contribution in [0.1, 0.15) is 158 Å². The smallest absolute Gasteiger partial charge is 0.466 e. The van der Waals surface area contributed by atoms with E-state index >= 15 is 0 Å². The van der Waals surface area contributed by atoms with Crippen LogP contribution in [0.3, 0.4) is 0 Å². The van der Waals surface area contributed by atoms with E-state index in [-0.39, 0.29) is 32.6 Å². The number of ether oxygens (including phenoxy) is 2. The van der Waals surface area contributed by atoms with E-state index in [1.165, 1.54) is 36.8 Å². The maximum absolute atomic E-state index is 12.6. The molecule has 0 fully saturated rings. The topological polar surface area (TPSA) is 168 Å². The summed E-state index contributed by atoms with van der Waals surface area (Å²) in [4.78, 5) is 34.9. The van der Waals surface area contributed by atoms with Crippen LogP contribution in [0.4, 0.5) is 0 Å². The van der Waals surface area contributed by atoms with Gasteiger partial charge in [-0.2, -0.15) is 0 Å². The van der Waals surface area contributed by atoms with Gasteiger partial charge in [0, 0.05) is 32.2 Å². The van der Waals surface area contributed by atoms with E-state index in [0.717, 1.165) is 82.1 Å². The van der Waals surface area contributed by atoms with Gasteiger partial charge in [0.2, 0.25) is 0 Å². The first kappa shape index (κ1) is 52.2. The molecule has 0 saturated carbocycles. The first-order valence-electron chi connectivity index (χ1n) is 21.6. The van der Waals surface area contributed by atoms with E-state index in [2.05, 4.69) is 45.9 Å². The number of hydrogen-bond donors (Lipinski definition) is 3. The van der Waals surface area contributed by atoms with Crippen LogP contribution in [-0.4, -0.2) is 60.5 Å². The fraction of sp³-hybridized carbons (Fsp3) is 0.689. The minimum absolute atomic E-state index is 0.0255. The molecular weight excluding hydrogens is 745 g/mol. The first-order valence-corrected chi connectivity index (χ1v) is 23.1. The van der Waals surface area contributed by atoms with Gasteiger partial charge in [0.1, 0.15) is 18.1 Å². The minimum Gasteiger partial charge on any atom is -0.466 e. The maximum atomic E-state index is 12.6. The van der Waals surface area contributed by atoms with E-state index in [1.807, 2.05) is 18.2 Å². The zero-order valence-electron chi connectivity index (χ0n) is 35.6. The molecule has 11 nitrogen and oxygen atoms in total. The second kappa shape index (κ2) is 34.1. The van der Waals surface area contributed by atoms with Gasteiger partial charge in [-0.1, -0.05) is 114 Å². The minimum atomic E-state index is -4.42. The van der Waals surface area contributed by atoms with Gasteiger partial charge in [-0.05, 0) is 82.8 Å². The Morgan fingerprint density at radius 2 is 1.39 bits per heavy atom. The van der Waals surface area contributed by atoms with E-state index in [1.54, 1.807) is 12.2 Å². The Labute approximate surface area is 344 Å². The summed E-state index contributed by atoms with van der Waals surface area (Å²) in [6.07, 6.45) is 33.1. The van der Waals surface area contributed by atoms with Crippen molar-refractivity contribution in [3.05, 3.63) is 71.3 Å².